The van der Waals surface area contributed by atoms with E-state index < -0.39 is 48.4 Å². The van der Waals surface area contributed by atoms with Gasteiger partial charge in [-0.05, 0) is 44.6 Å². The van der Waals surface area contributed by atoms with E-state index in [1.165, 1.54) is 0 Å². The number of carboxylic acid groups (broad SMARTS) is 1. The molecule has 0 aromatic carbocycles. The summed E-state index contributed by atoms with van der Waals surface area (Å²) in [6.07, 6.45) is 2.69. The number of rotatable bonds is 17. The van der Waals surface area contributed by atoms with Crippen LogP contribution in [0.25, 0.3) is 0 Å². The number of hydrogen-bond donors (Lipinski definition) is 8. The van der Waals surface area contributed by atoms with Crippen molar-refractivity contribution in [2.45, 2.75) is 70.5 Å². The standard InChI is InChI=1S/C20H40N8O5/c1-12(2)10-15(28-17(30)13(22)6-3-4-8-21)18(31)26-11-16(29)27-14(19(32)33)7-5-9-25-20(23)24/h12-15H,3-11,21-22H2,1-2H3,(H,26,31)(H,27,29)(H,28,30)(H,32,33)(H4,23,24,25). The Kier molecular flexibility index (Phi) is 15.2. The number of hydrogen-bond acceptors (Lipinski definition) is 7. The molecule has 0 fully saturated rings. The molecule has 0 bridgehead atoms. The molecule has 0 saturated carbocycles. The first-order valence-corrected chi connectivity index (χ1v) is 11.1. The fourth-order valence-corrected chi connectivity index (χ4v) is 2.92. The lowest BCUT2D eigenvalue weighted by molar-refractivity contribution is -0.142. The Labute approximate surface area is 194 Å². The van der Waals surface area contributed by atoms with Crippen LogP contribution in [0, 0.1) is 5.92 Å². The van der Waals surface area contributed by atoms with Gasteiger partial charge in [-0.25, -0.2) is 4.79 Å². The summed E-state index contributed by atoms with van der Waals surface area (Å²) in [6.45, 7) is 4.07. The van der Waals surface area contributed by atoms with Crippen LogP contribution in [-0.2, 0) is 19.2 Å². The SMILES string of the molecule is CC(C)CC(NC(=O)C(N)CCCCN)C(=O)NCC(=O)NC(CCCN=C(N)N)C(=O)O. The van der Waals surface area contributed by atoms with Crippen molar-refractivity contribution in [2.24, 2.45) is 33.8 Å². The average molecular weight is 473 g/mol. The van der Waals surface area contributed by atoms with Gasteiger partial charge in [0.1, 0.15) is 12.1 Å². The number of carboxylic acids is 1. The van der Waals surface area contributed by atoms with E-state index in [0.29, 0.717) is 32.2 Å². The quantitative estimate of drug-likeness (QED) is 0.0644. The molecule has 12 N–H and O–H groups in total. The second kappa shape index (κ2) is 16.7. The fraction of sp³-hybridized carbons (Fsp3) is 0.750. The lowest BCUT2D eigenvalue weighted by Gasteiger charge is -2.22. The molecule has 3 unspecified atom stereocenters. The molecule has 13 heteroatoms. The predicted molar refractivity (Wildman–Crippen MR) is 125 cm³/mol. The Morgan fingerprint density at radius 3 is 2.15 bits per heavy atom. The summed E-state index contributed by atoms with van der Waals surface area (Å²) in [5.74, 6) is -2.92. The number of aliphatic imine (C=N–C) groups is 1. The van der Waals surface area contributed by atoms with Crippen LogP contribution in [-0.4, -0.2) is 72.5 Å². The van der Waals surface area contributed by atoms with Crippen LogP contribution < -0.4 is 38.9 Å². The molecule has 13 nitrogen and oxygen atoms in total. The van der Waals surface area contributed by atoms with Crippen molar-refractivity contribution in [3.8, 4) is 0 Å². The molecule has 0 aromatic rings. The highest BCUT2D eigenvalue weighted by atomic mass is 16.4. The zero-order valence-electron chi connectivity index (χ0n) is 19.5. The third kappa shape index (κ3) is 14.7. The molecule has 0 heterocycles. The van der Waals surface area contributed by atoms with Gasteiger partial charge in [-0.2, -0.15) is 0 Å². The Hall–Kier alpha value is -2.93. The van der Waals surface area contributed by atoms with Crippen molar-refractivity contribution >= 4 is 29.7 Å². The summed E-state index contributed by atoms with van der Waals surface area (Å²) in [4.78, 5) is 52.2. The molecule has 0 aliphatic heterocycles. The maximum absolute atomic E-state index is 12.6. The van der Waals surface area contributed by atoms with Crippen molar-refractivity contribution in [3.05, 3.63) is 0 Å². The molecule has 3 atom stereocenters. The monoisotopic (exact) mass is 472 g/mol. The fourth-order valence-electron chi connectivity index (χ4n) is 2.92. The van der Waals surface area contributed by atoms with Gasteiger partial charge in [-0.3, -0.25) is 19.4 Å². The van der Waals surface area contributed by atoms with E-state index in [2.05, 4.69) is 20.9 Å². The van der Waals surface area contributed by atoms with E-state index >= 15 is 0 Å². The third-order valence-electron chi connectivity index (χ3n) is 4.65. The zero-order valence-corrected chi connectivity index (χ0v) is 19.5. The van der Waals surface area contributed by atoms with Gasteiger partial charge in [0.25, 0.3) is 0 Å². The molecule has 0 aromatic heterocycles. The molecule has 0 aliphatic carbocycles. The smallest absolute Gasteiger partial charge is 0.326 e. The first-order valence-electron chi connectivity index (χ1n) is 11.1. The van der Waals surface area contributed by atoms with Crippen molar-refractivity contribution < 1.29 is 24.3 Å². The summed E-state index contributed by atoms with van der Waals surface area (Å²) < 4.78 is 0. The van der Waals surface area contributed by atoms with E-state index in [4.69, 9.17) is 22.9 Å². The molecule has 0 spiro atoms. The van der Waals surface area contributed by atoms with Crippen molar-refractivity contribution in [1.29, 1.82) is 0 Å². The number of aliphatic carboxylic acids is 1. The second-order valence-corrected chi connectivity index (χ2v) is 8.21. The van der Waals surface area contributed by atoms with Crippen molar-refractivity contribution in [3.63, 3.8) is 0 Å². The number of unbranched alkanes of at least 4 members (excludes halogenated alkanes) is 1. The Morgan fingerprint density at radius 2 is 1.61 bits per heavy atom. The topological polar surface area (TPSA) is 241 Å². The first kappa shape index (κ1) is 30.1. The summed E-state index contributed by atoms with van der Waals surface area (Å²) in [6, 6.07) is -2.79. The molecule has 0 rings (SSSR count). The number of nitrogens with zero attached hydrogens (tertiary/aromatic N) is 1. The molecule has 0 radical (unpaired) electrons. The van der Waals surface area contributed by atoms with Gasteiger partial charge >= 0.3 is 5.97 Å². The maximum atomic E-state index is 12.6. The van der Waals surface area contributed by atoms with Crippen LogP contribution in [0.2, 0.25) is 0 Å². The predicted octanol–water partition coefficient (Wildman–Crippen LogP) is -2.29. The minimum Gasteiger partial charge on any atom is -0.480 e. The zero-order chi connectivity index (χ0) is 25.4. The highest BCUT2D eigenvalue weighted by molar-refractivity contribution is 5.92. The number of guanidine groups is 1. The summed E-state index contributed by atoms with van der Waals surface area (Å²) in [5, 5.41) is 16.7. The second-order valence-electron chi connectivity index (χ2n) is 8.21. The van der Waals surface area contributed by atoms with Gasteiger partial charge in [-0.15, -0.1) is 0 Å². The van der Waals surface area contributed by atoms with E-state index in [1.807, 2.05) is 13.8 Å². The number of nitrogens with one attached hydrogen (secondary N) is 3. The Bertz CT molecular complexity index is 667. The molecule has 3 amide bonds. The minimum atomic E-state index is -1.21. The van der Waals surface area contributed by atoms with Gasteiger partial charge in [0.2, 0.25) is 17.7 Å². The lowest BCUT2D eigenvalue weighted by atomic mass is 10.0. The summed E-state index contributed by atoms with van der Waals surface area (Å²) in [5.41, 5.74) is 21.7. The van der Waals surface area contributed by atoms with Gasteiger partial charge in [0.15, 0.2) is 5.96 Å². The van der Waals surface area contributed by atoms with Gasteiger partial charge in [0, 0.05) is 6.54 Å². The molecule has 33 heavy (non-hydrogen) atoms. The third-order valence-corrected chi connectivity index (χ3v) is 4.65. The van der Waals surface area contributed by atoms with Crippen LogP contribution in [0.1, 0.15) is 52.4 Å². The van der Waals surface area contributed by atoms with Crippen LogP contribution in [0.4, 0.5) is 0 Å². The van der Waals surface area contributed by atoms with Crippen LogP contribution in [0.5, 0.6) is 0 Å². The maximum Gasteiger partial charge on any atom is 0.326 e. The minimum absolute atomic E-state index is 0.0879. The Balaban J connectivity index is 4.76. The number of carbonyl (C=O) groups excluding carboxylic acids is 3. The summed E-state index contributed by atoms with van der Waals surface area (Å²) >= 11 is 0. The molecule has 0 aliphatic rings. The highest BCUT2D eigenvalue weighted by Crippen LogP contribution is 2.06. The molecule has 0 saturated heterocycles. The number of nitrogens with two attached hydrogens (primary N) is 4. The van der Waals surface area contributed by atoms with E-state index in [-0.39, 0.29) is 24.8 Å². The van der Waals surface area contributed by atoms with Crippen molar-refractivity contribution in [2.75, 3.05) is 19.6 Å². The first-order chi connectivity index (χ1) is 15.5. The largest absolute Gasteiger partial charge is 0.480 e. The van der Waals surface area contributed by atoms with E-state index in [9.17, 15) is 24.3 Å². The highest BCUT2D eigenvalue weighted by Gasteiger charge is 2.25. The van der Waals surface area contributed by atoms with Crippen LogP contribution >= 0.6 is 0 Å². The Morgan fingerprint density at radius 1 is 0.939 bits per heavy atom. The number of carbonyl (C=O) groups is 4. The number of amides is 3. The average Bonchev–Trinajstić information content (AvgIpc) is 2.72. The lowest BCUT2D eigenvalue weighted by Crippen LogP contribution is -2.53. The van der Waals surface area contributed by atoms with Gasteiger partial charge < -0.3 is 44.0 Å². The van der Waals surface area contributed by atoms with Crippen LogP contribution in [0.3, 0.4) is 0 Å². The molecular weight excluding hydrogens is 432 g/mol. The molecule has 190 valence electrons. The normalized spacial score (nSPS) is 13.5. The van der Waals surface area contributed by atoms with Crippen molar-refractivity contribution in [1.82, 2.24) is 16.0 Å². The van der Waals surface area contributed by atoms with Gasteiger partial charge in [0.05, 0.1) is 12.6 Å². The van der Waals surface area contributed by atoms with Crippen LogP contribution in [0.15, 0.2) is 4.99 Å². The van der Waals surface area contributed by atoms with Gasteiger partial charge in [-0.1, -0.05) is 20.3 Å². The summed E-state index contributed by atoms with van der Waals surface area (Å²) in [7, 11) is 0. The van der Waals surface area contributed by atoms with E-state index in [0.717, 1.165) is 6.42 Å². The van der Waals surface area contributed by atoms with E-state index in [1.54, 1.807) is 0 Å². The molecular formula is C20H40N8O5.